The Morgan fingerprint density at radius 2 is 0.661 bits per heavy atom. The lowest BCUT2D eigenvalue weighted by atomic mass is 9.95. The molecule has 0 saturated carbocycles. The third kappa shape index (κ3) is 72.5. The van der Waals surface area contributed by atoms with Gasteiger partial charge in [0.1, 0.15) is 67.2 Å². The minimum absolute atomic E-state index is 0.110. The SMILES string of the molecule is CCCCCCCCCCCCCC(=O)O[C@H](CCCCCCCCCCC)CC(=O)N[C@H]1[C@H](OC[C@@H](O)[C@@H](O)[C@H](O)[C@H](C=O)NC(=O)C[C@@H](CCCCCCCCCCC)OC(=O)CCCCCCCCCCCCC)O[C@H](CO)[C@@H](OP(=O)(O)O)[C@@H]1OC(=O)C[C@@H](CCCCCCCCCCC)OC(=O)CCCCCCCCCCCCC.CCN(CC)CC. The molecule has 0 aromatic heterocycles. The number of ether oxygens (including phenoxy) is 6. The molecule has 1 fully saturated rings. The minimum Gasteiger partial charge on any atom is -0.462 e. The van der Waals surface area contributed by atoms with Gasteiger partial charge in [0.2, 0.25) is 11.8 Å². The molecular weight excluding hydrogens is 1630 g/mol. The zero-order valence-electron chi connectivity index (χ0n) is 82.5. The van der Waals surface area contributed by atoms with Gasteiger partial charge in [-0.05, 0) is 77.4 Å². The van der Waals surface area contributed by atoms with Crippen LogP contribution >= 0.6 is 7.82 Å². The van der Waals surface area contributed by atoms with Gasteiger partial charge in [-0.1, -0.05) is 409 Å². The molecule has 8 N–H and O–H groups in total. The topological polar surface area (TPSA) is 350 Å². The lowest BCUT2D eigenvalue weighted by Gasteiger charge is -2.45. The smallest absolute Gasteiger partial charge is 0.462 e. The summed E-state index contributed by atoms with van der Waals surface area (Å²) in [6.45, 7) is 21.2. The van der Waals surface area contributed by atoms with Crippen LogP contribution in [0.5, 0.6) is 0 Å². The highest BCUT2D eigenvalue weighted by Gasteiger charge is 2.53. The second-order valence-corrected chi connectivity index (χ2v) is 37.9. The normalized spacial score (nSPS) is 17.0. The summed E-state index contributed by atoms with van der Waals surface area (Å²) in [6, 6.07) is -3.66. The first kappa shape index (κ1) is 123. The number of rotatable bonds is 91. The molecule has 0 spiro atoms. The average molecular weight is 1830 g/mol. The molecule has 750 valence electrons. The van der Waals surface area contributed by atoms with E-state index in [1.165, 1.54) is 174 Å². The fourth-order valence-corrected chi connectivity index (χ4v) is 17.4. The maximum atomic E-state index is 14.9. The predicted molar refractivity (Wildman–Crippen MR) is 512 cm³/mol. The van der Waals surface area contributed by atoms with Gasteiger partial charge < -0.3 is 79.0 Å². The van der Waals surface area contributed by atoms with Gasteiger partial charge in [-0.3, -0.25) is 33.3 Å². The van der Waals surface area contributed by atoms with E-state index >= 15 is 0 Å². The van der Waals surface area contributed by atoms with Crippen molar-refractivity contribution >= 4 is 49.8 Å². The van der Waals surface area contributed by atoms with E-state index in [9.17, 15) is 68.3 Å². The Morgan fingerprint density at radius 1 is 0.378 bits per heavy atom. The van der Waals surface area contributed by atoms with Crippen molar-refractivity contribution in [1.29, 1.82) is 0 Å². The van der Waals surface area contributed by atoms with Crippen LogP contribution in [-0.4, -0.2) is 183 Å². The molecule has 1 aliphatic heterocycles. The third-order valence-corrected chi connectivity index (χ3v) is 25.5. The number of unbranched alkanes of at least 4 members (excludes halogenated alkanes) is 54. The highest BCUT2D eigenvalue weighted by molar-refractivity contribution is 7.46. The summed E-state index contributed by atoms with van der Waals surface area (Å²) >= 11 is 0. The van der Waals surface area contributed by atoms with Crippen LogP contribution in [0.3, 0.4) is 0 Å². The molecule has 0 aliphatic carbocycles. The van der Waals surface area contributed by atoms with E-state index in [0.29, 0.717) is 51.4 Å². The molecule has 0 aromatic rings. The van der Waals surface area contributed by atoms with E-state index in [2.05, 4.69) is 77.8 Å². The molecule has 0 aromatic carbocycles. The van der Waals surface area contributed by atoms with Gasteiger partial charge in [-0.15, -0.1) is 0 Å². The Bertz CT molecular complexity index is 2600. The van der Waals surface area contributed by atoms with E-state index in [1.807, 2.05) is 0 Å². The van der Waals surface area contributed by atoms with E-state index < -0.39 is 143 Å². The van der Waals surface area contributed by atoms with Gasteiger partial charge in [0.15, 0.2) is 12.4 Å². The van der Waals surface area contributed by atoms with Crippen LogP contribution in [-0.2, 0) is 71.1 Å². The highest BCUT2D eigenvalue weighted by Crippen LogP contribution is 2.43. The van der Waals surface area contributed by atoms with Crippen molar-refractivity contribution in [2.75, 3.05) is 32.8 Å². The van der Waals surface area contributed by atoms with Gasteiger partial charge in [0.05, 0.1) is 32.5 Å². The first-order chi connectivity index (χ1) is 61.5. The Morgan fingerprint density at radius 3 is 0.937 bits per heavy atom. The van der Waals surface area contributed by atoms with Crippen molar-refractivity contribution in [1.82, 2.24) is 15.5 Å². The Labute approximate surface area is 774 Å². The zero-order chi connectivity index (χ0) is 93.9. The Kier molecular flexibility index (Phi) is 85.1. The molecule has 127 heavy (non-hydrogen) atoms. The molecule has 25 heteroatoms. The van der Waals surface area contributed by atoms with Gasteiger partial charge >= 0.3 is 31.7 Å². The number of phosphoric ester groups is 1. The standard InChI is InChI=1S/C96H181N2O21P.C6H15N/c1-7-13-19-25-31-37-40-46-52-58-64-70-87(104)114-79(67-61-55-49-43-34-28-22-16-10-4)73-85(102)97-82(76-99)92(108)93(109)83(101)78-113-96-91(98-86(103)74-80(68-62-56-50-44-35-29-23-17-11-5)115-88(105)71-65-59-53-47-41-38-32-26-20-14-8-2)95(94(84(77-100)117-96)119-120(110,111)112)118-90(107)75-81(69-63-57-51-45-36-30-24-18-12-6)116-89(106)72-66-60-54-48-42-39-33-27-21-15-9-3;1-4-7(5-2)6-3/h76,79-84,91-96,100-101,108-109H,7-75,77-78H2,1-6H3,(H,97,102)(H,98,103)(H2,110,111,112);4-6H2,1-3H3/t79-,80-,81-,82+,83-,84-,91-,92-,93-,94-,95-,96-;/m1./s1. The predicted octanol–water partition coefficient (Wildman–Crippen LogP) is 23.5. The van der Waals surface area contributed by atoms with Gasteiger partial charge in [0, 0.05) is 19.3 Å². The number of hydrogen-bond donors (Lipinski definition) is 8. The maximum absolute atomic E-state index is 14.9. The molecule has 12 atom stereocenters. The maximum Gasteiger partial charge on any atom is 0.470 e. The summed E-state index contributed by atoms with van der Waals surface area (Å²) < 4.78 is 55.0. The zero-order valence-corrected chi connectivity index (χ0v) is 83.4. The van der Waals surface area contributed by atoms with Crippen molar-refractivity contribution in [3.8, 4) is 0 Å². The lowest BCUT2D eigenvalue weighted by Crippen LogP contribution is -2.66. The molecule has 0 bridgehead atoms. The minimum atomic E-state index is -5.61. The number of aldehydes is 1. The van der Waals surface area contributed by atoms with E-state index in [4.69, 9.17) is 32.9 Å². The quantitative estimate of drug-likeness (QED) is 0.00922. The van der Waals surface area contributed by atoms with Crippen LogP contribution in [0, 0.1) is 0 Å². The molecule has 0 unspecified atom stereocenters. The molecule has 1 rings (SSSR count). The molecule has 1 aliphatic rings. The summed E-state index contributed by atoms with van der Waals surface area (Å²) in [5.74, 6) is -4.08. The second kappa shape index (κ2) is 87.6. The number of hydrogen-bond acceptors (Lipinski definition) is 20. The lowest BCUT2D eigenvalue weighted by molar-refractivity contribution is -0.278. The molecular formula is C102H196N3O21P. The number of carbonyl (C=O) groups excluding carboxylic acids is 7. The van der Waals surface area contributed by atoms with Crippen LogP contribution in [0.1, 0.15) is 505 Å². The van der Waals surface area contributed by atoms with E-state index in [0.717, 1.165) is 193 Å². The average Bonchev–Trinajstić information content (AvgIpc) is 0.778. The fourth-order valence-electron chi connectivity index (χ4n) is 16.9. The number of aliphatic hydroxyl groups excluding tert-OH is 4. The highest BCUT2D eigenvalue weighted by atomic mass is 31.2. The van der Waals surface area contributed by atoms with Crippen LogP contribution in [0.4, 0.5) is 0 Å². The van der Waals surface area contributed by atoms with Gasteiger partial charge in [-0.2, -0.15) is 0 Å². The largest absolute Gasteiger partial charge is 0.470 e. The van der Waals surface area contributed by atoms with Gasteiger partial charge in [-0.25, -0.2) is 4.57 Å². The number of phosphoric acid groups is 1. The second-order valence-electron chi connectivity index (χ2n) is 36.7. The summed E-state index contributed by atoms with van der Waals surface area (Å²) in [4.78, 5) is 121. The third-order valence-electron chi connectivity index (χ3n) is 25.0. The molecule has 1 saturated heterocycles. The summed E-state index contributed by atoms with van der Waals surface area (Å²) in [7, 11) is -5.61. The van der Waals surface area contributed by atoms with Crippen LogP contribution in [0.2, 0.25) is 0 Å². The summed E-state index contributed by atoms with van der Waals surface area (Å²) in [5.41, 5.74) is 0. The molecule has 0 radical (unpaired) electrons. The van der Waals surface area contributed by atoms with Crippen LogP contribution in [0.25, 0.3) is 0 Å². The number of esters is 4. The monoisotopic (exact) mass is 1830 g/mol. The molecule has 1 heterocycles. The van der Waals surface area contributed by atoms with Gasteiger partial charge in [0.25, 0.3) is 0 Å². The Hall–Kier alpha value is -3.68. The van der Waals surface area contributed by atoms with Crippen molar-refractivity contribution < 1.29 is 101 Å². The van der Waals surface area contributed by atoms with E-state index in [-0.39, 0.29) is 38.4 Å². The summed E-state index contributed by atoms with van der Waals surface area (Å²) in [6.07, 6.45) is 46.4. The number of aliphatic hydroxyl groups is 4. The number of carbonyl (C=O) groups is 7. The fraction of sp³-hybridized carbons (Fsp3) is 0.931. The van der Waals surface area contributed by atoms with Crippen molar-refractivity contribution in [3.05, 3.63) is 0 Å². The Balaban J connectivity index is 0.0000217. The van der Waals surface area contributed by atoms with Crippen molar-refractivity contribution in [3.63, 3.8) is 0 Å². The number of amides is 2. The number of nitrogens with one attached hydrogen (secondary N) is 2. The number of nitrogens with zero attached hydrogens (tertiary/aromatic N) is 1. The molecule has 2 amide bonds. The van der Waals surface area contributed by atoms with Crippen LogP contribution in [0.15, 0.2) is 0 Å². The first-order valence-electron chi connectivity index (χ1n) is 52.8. The van der Waals surface area contributed by atoms with Crippen LogP contribution < -0.4 is 10.6 Å². The van der Waals surface area contributed by atoms with Crippen molar-refractivity contribution in [2.24, 2.45) is 0 Å². The first-order valence-corrected chi connectivity index (χ1v) is 54.3. The molecule has 24 nitrogen and oxygen atoms in total. The van der Waals surface area contributed by atoms with Crippen molar-refractivity contribution in [2.45, 2.75) is 579 Å². The van der Waals surface area contributed by atoms with E-state index in [1.54, 1.807) is 0 Å². The summed E-state index contributed by atoms with van der Waals surface area (Å²) in [5, 5.41) is 51.2.